The molecule has 92 valence electrons. The molecule has 1 saturated heterocycles. The predicted molar refractivity (Wildman–Crippen MR) is 59.8 cm³/mol. The number of hydrogen-bond donors (Lipinski definition) is 0. The van der Waals surface area contributed by atoms with Crippen molar-refractivity contribution in [2.24, 2.45) is 23.7 Å². The van der Waals surface area contributed by atoms with Gasteiger partial charge in [0.05, 0.1) is 18.4 Å². The van der Waals surface area contributed by atoms with Gasteiger partial charge in [0.15, 0.2) is 5.78 Å². The van der Waals surface area contributed by atoms with E-state index in [1.807, 2.05) is 0 Å². The van der Waals surface area contributed by atoms with Gasteiger partial charge >= 0.3 is 0 Å². The molecule has 0 radical (unpaired) electrons. The fourth-order valence-electron chi connectivity index (χ4n) is 3.19. The van der Waals surface area contributed by atoms with Crippen LogP contribution in [-0.2, 0) is 14.4 Å². The first kappa shape index (κ1) is 10.9. The highest BCUT2D eigenvalue weighted by atomic mass is 16.2. The topological polar surface area (TPSA) is 54.5 Å². The molecule has 4 heteroatoms. The quantitative estimate of drug-likeness (QED) is 0.686. The fraction of sp³-hybridized carbons (Fsp3) is 0.769. The number of carbonyl (C=O) groups is 3. The molecule has 2 saturated carbocycles. The van der Waals surface area contributed by atoms with Crippen LogP contribution in [0.3, 0.4) is 0 Å². The summed E-state index contributed by atoms with van der Waals surface area (Å²) in [5, 5.41) is 0. The molecule has 3 fully saturated rings. The molecule has 2 aliphatic carbocycles. The Bertz CT molecular complexity index is 375. The van der Waals surface area contributed by atoms with Gasteiger partial charge < -0.3 is 0 Å². The lowest BCUT2D eigenvalue weighted by atomic mass is 10.00. The monoisotopic (exact) mass is 235 g/mol. The van der Waals surface area contributed by atoms with Crippen LogP contribution in [0, 0.1) is 23.7 Å². The summed E-state index contributed by atoms with van der Waals surface area (Å²) in [6.45, 7) is 2.11. The van der Waals surface area contributed by atoms with E-state index in [2.05, 4.69) is 6.92 Å². The van der Waals surface area contributed by atoms with Crippen LogP contribution in [-0.4, -0.2) is 29.0 Å². The minimum absolute atomic E-state index is 0.0315. The van der Waals surface area contributed by atoms with Gasteiger partial charge in [0, 0.05) is 5.92 Å². The van der Waals surface area contributed by atoms with Gasteiger partial charge in [-0.05, 0) is 31.6 Å². The van der Waals surface area contributed by atoms with Crippen LogP contribution in [0.1, 0.15) is 32.6 Å². The van der Waals surface area contributed by atoms with Crippen LogP contribution >= 0.6 is 0 Å². The van der Waals surface area contributed by atoms with E-state index in [-0.39, 0.29) is 41.9 Å². The fourth-order valence-corrected chi connectivity index (χ4v) is 3.19. The van der Waals surface area contributed by atoms with Crippen molar-refractivity contribution in [3.8, 4) is 0 Å². The second-order valence-electron chi connectivity index (χ2n) is 5.79. The summed E-state index contributed by atoms with van der Waals surface area (Å²) in [5.74, 6) is 0.180. The van der Waals surface area contributed by atoms with Gasteiger partial charge in [-0.3, -0.25) is 19.3 Å². The predicted octanol–water partition coefficient (Wildman–Crippen LogP) is 0.997. The Morgan fingerprint density at radius 2 is 1.71 bits per heavy atom. The van der Waals surface area contributed by atoms with Crippen LogP contribution in [0.4, 0.5) is 0 Å². The van der Waals surface area contributed by atoms with Gasteiger partial charge in [0.2, 0.25) is 11.8 Å². The second kappa shape index (κ2) is 3.65. The number of hydrogen-bond acceptors (Lipinski definition) is 3. The molecule has 1 aliphatic heterocycles. The van der Waals surface area contributed by atoms with E-state index < -0.39 is 0 Å². The van der Waals surface area contributed by atoms with Crippen LogP contribution in [0.5, 0.6) is 0 Å². The highest BCUT2D eigenvalue weighted by Gasteiger charge is 2.52. The number of Topliss-reactive ketones (excluding diaryl/α,β-unsaturated/α-hetero) is 1. The Morgan fingerprint density at radius 1 is 1.18 bits per heavy atom. The van der Waals surface area contributed by atoms with E-state index in [1.165, 1.54) is 4.90 Å². The zero-order valence-electron chi connectivity index (χ0n) is 10.0. The largest absolute Gasteiger partial charge is 0.297 e. The summed E-state index contributed by atoms with van der Waals surface area (Å²) in [4.78, 5) is 37.1. The van der Waals surface area contributed by atoms with E-state index in [9.17, 15) is 14.4 Å². The minimum Gasteiger partial charge on any atom is -0.297 e. The lowest BCUT2D eigenvalue weighted by Crippen LogP contribution is -2.37. The van der Waals surface area contributed by atoms with E-state index >= 15 is 0 Å². The molecule has 2 unspecified atom stereocenters. The summed E-state index contributed by atoms with van der Waals surface area (Å²) < 4.78 is 0. The number of rotatable bonds is 3. The number of fused-ring (bicyclic) bond motifs is 1. The third kappa shape index (κ3) is 1.70. The summed E-state index contributed by atoms with van der Waals surface area (Å²) in [6.07, 6.45) is 3.48. The normalized spacial score (nSPS) is 36.5. The Kier molecular flexibility index (Phi) is 2.35. The number of nitrogens with zero attached hydrogens (tertiary/aromatic N) is 1. The number of amides is 2. The van der Waals surface area contributed by atoms with E-state index in [4.69, 9.17) is 0 Å². The Labute approximate surface area is 100 Å². The molecular weight excluding hydrogens is 218 g/mol. The zero-order chi connectivity index (χ0) is 12.2. The molecular formula is C13H17NO3. The standard InChI is InChI=1S/C13H17NO3/c1-7-4-9-10(5-7)13(17)14(12(9)16)6-11(15)8-2-3-8/h7-10H,2-6H2,1H3. The van der Waals surface area contributed by atoms with Gasteiger partial charge in [0.1, 0.15) is 0 Å². The molecule has 0 N–H and O–H groups in total. The first-order valence-corrected chi connectivity index (χ1v) is 6.46. The highest BCUT2D eigenvalue weighted by molar-refractivity contribution is 6.08. The number of ketones is 1. The van der Waals surface area contributed by atoms with E-state index in [0.717, 1.165) is 25.7 Å². The second-order valence-corrected chi connectivity index (χ2v) is 5.79. The molecule has 17 heavy (non-hydrogen) atoms. The Hall–Kier alpha value is -1.19. The SMILES string of the molecule is CC1CC2C(=O)N(CC(=O)C3CC3)C(=O)C2C1. The van der Waals surface area contributed by atoms with Gasteiger partial charge in [-0.25, -0.2) is 0 Å². The van der Waals surface area contributed by atoms with Crippen molar-refractivity contribution in [2.75, 3.05) is 6.54 Å². The molecule has 3 aliphatic rings. The van der Waals surface area contributed by atoms with Crippen molar-refractivity contribution in [1.29, 1.82) is 0 Å². The van der Waals surface area contributed by atoms with Crippen LogP contribution in [0.15, 0.2) is 0 Å². The van der Waals surface area contributed by atoms with Gasteiger partial charge in [-0.15, -0.1) is 0 Å². The van der Waals surface area contributed by atoms with Crippen molar-refractivity contribution in [3.05, 3.63) is 0 Å². The summed E-state index contributed by atoms with van der Waals surface area (Å²) in [7, 11) is 0. The maximum Gasteiger partial charge on any atom is 0.233 e. The third-order valence-electron chi connectivity index (χ3n) is 4.31. The molecule has 0 spiro atoms. The lowest BCUT2D eigenvalue weighted by Gasteiger charge is -2.15. The Morgan fingerprint density at radius 3 is 2.18 bits per heavy atom. The molecule has 0 aromatic carbocycles. The molecule has 1 heterocycles. The number of imide groups is 1. The molecule has 0 bridgehead atoms. The lowest BCUT2D eigenvalue weighted by molar-refractivity contribution is -0.144. The number of likely N-dealkylation sites (tertiary alicyclic amines) is 1. The molecule has 4 nitrogen and oxygen atoms in total. The average molecular weight is 235 g/mol. The van der Waals surface area contributed by atoms with Crippen molar-refractivity contribution in [3.63, 3.8) is 0 Å². The molecule has 0 aromatic rings. The smallest absolute Gasteiger partial charge is 0.233 e. The van der Waals surface area contributed by atoms with E-state index in [0.29, 0.717) is 5.92 Å². The van der Waals surface area contributed by atoms with Crippen LogP contribution in [0.2, 0.25) is 0 Å². The zero-order valence-corrected chi connectivity index (χ0v) is 10.0. The Balaban J connectivity index is 1.72. The van der Waals surface area contributed by atoms with Gasteiger partial charge in [-0.2, -0.15) is 0 Å². The van der Waals surface area contributed by atoms with Gasteiger partial charge in [0.25, 0.3) is 0 Å². The summed E-state index contributed by atoms with van der Waals surface area (Å²) in [5.41, 5.74) is 0. The number of carbonyl (C=O) groups excluding carboxylic acids is 3. The van der Waals surface area contributed by atoms with Crippen molar-refractivity contribution < 1.29 is 14.4 Å². The van der Waals surface area contributed by atoms with Gasteiger partial charge in [-0.1, -0.05) is 6.92 Å². The first-order valence-electron chi connectivity index (χ1n) is 6.46. The third-order valence-corrected chi connectivity index (χ3v) is 4.31. The van der Waals surface area contributed by atoms with Crippen molar-refractivity contribution >= 4 is 17.6 Å². The van der Waals surface area contributed by atoms with Crippen molar-refractivity contribution in [2.45, 2.75) is 32.6 Å². The first-order chi connectivity index (χ1) is 8.08. The average Bonchev–Trinajstić information content (AvgIpc) is 3.03. The molecule has 3 rings (SSSR count). The maximum absolute atomic E-state index is 12.1. The molecule has 2 amide bonds. The van der Waals surface area contributed by atoms with Crippen LogP contribution < -0.4 is 0 Å². The minimum atomic E-state index is -0.135. The highest BCUT2D eigenvalue weighted by Crippen LogP contribution is 2.43. The molecule has 2 atom stereocenters. The van der Waals surface area contributed by atoms with E-state index in [1.54, 1.807) is 0 Å². The van der Waals surface area contributed by atoms with Crippen molar-refractivity contribution in [1.82, 2.24) is 4.90 Å². The summed E-state index contributed by atoms with van der Waals surface area (Å²) >= 11 is 0. The van der Waals surface area contributed by atoms with Crippen LogP contribution in [0.25, 0.3) is 0 Å². The molecule has 0 aromatic heterocycles. The maximum atomic E-state index is 12.1. The summed E-state index contributed by atoms with van der Waals surface area (Å²) in [6, 6.07) is 0.